The van der Waals surface area contributed by atoms with E-state index in [2.05, 4.69) is 5.10 Å². The van der Waals surface area contributed by atoms with Gasteiger partial charge < -0.3 is 15.7 Å². The van der Waals surface area contributed by atoms with Crippen LogP contribution in [0.3, 0.4) is 0 Å². The Labute approximate surface area is 93.6 Å². The predicted octanol–water partition coefficient (Wildman–Crippen LogP) is 0.303. The third-order valence-electron chi connectivity index (χ3n) is 2.91. The number of rotatable bonds is 2. The van der Waals surface area contributed by atoms with E-state index < -0.39 is 5.97 Å². The maximum Gasteiger partial charge on any atom is 0.308 e. The first-order valence-electron chi connectivity index (χ1n) is 5.35. The molecule has 1 atom stereocenters. The van der Waals surface area contributed by atoms with E-state index in [0.717, 1.165) is 19.4 Å². The summed E-state index contributed by atoms with van der Waals surface area (Å²) in [4.78, 5) is 12.9. The molecule has 6 heteroatoms. The van der Waals surface area contributed by atoms with Crippen LogP contribution < -0.4 is 10.6 Å². The molecule has 1 fully saturated rings. The Morgan fingerprint density at radius 1 is 1.69 bits per heavy atom. The number of nitrogens with zero attached hydrogens (tertiary/aromatic N) is 3. The van der Waals surface area contributed by atoms with Crippen molar-refractivity contribution in [2.24, 2.45) is 13.0 Å². The van der Waals surface area contributed by atoms with Gasteiger partial charge in [-0.1, -0.05) is 0 Å². The van der Waals surface area contributed by atoms with Gasteiger partial charge in [0.1, 0.15) is 0 Å². The van der Waals surface area contributed by atoms with Crippen molar-refractivity contribution in [3.8, 4) is 0 Å². The fourth-order valence-corrected chi connectivity index (χ4v) is 2.11. The van der Waals surface area contributed by atoms with E-state index in [1.807, 2.05) is 4.90 Å². The largest absolute Gasteiger partial charge is 0.481 e. The van der Waals surface area contributed by atoms with Crippen LogP contribution in [0.2, 0.25) is 0 Å². The molecular weight excluding hydrogens is 208 g/mol. The highest BCUT2D eigenvalue weighted by Gasteiger charge is 2.27. The molecule has 1 aromatic heterocycles. The summed E-state index contributed by atoms with van der Waals surface area (Å²) in [6.07, 6.45) is 3.34. The Hall–Kier alpha value is -1.72. The van der Waals surface area contributed by atoms with E-state index in [9.17, 15) is 4.79 Å². The van der Waals surface area contributed by atoms with Gasteiger partial charge in [-0.25, -0.2) is 0 Å². The van der Waals surface area contributed by atoms with Gasteiger partial charge in [-0.05, 0) is 12.8 Å². The van der Waals surface area contributed by atoms with Crippen molar-refractivity contribution in [2.75, 3.05) is 23.7 Å². The molecule has 1 unspecified atom stereocenters. The highest BCUT2D eigenvalue weighted by Crippen LogP contribution is 2.26. The van der Waals surface area contributed by atoms with Crippen LogP contribution >= 0.6 is 0 Å². The molecule has 0 bridgehead atoms. The van der Waals surface area contributed by atoms with Crippen molar-refractivity contribution in [2.45, 2.75) is 12.8 Å². The van der Waals surface area contributed by atoms with Gasteiger partial charge in [-0.2, -0.15) is 5.10 Å². The van der Waals surface area contributed by atoms with Crippen LogP contribution in [0.15, 0.2) is 6.20 Å². The number of aromatic nitrogens is 2. The molecule has 2 rings (SSSR count). The number of aryl methyl sites for hydroxylation is 1. The Bertz CT molecular complexity index is 402. The summed E-state index contributed by atoms with van der Waals surface area (Å²) in [6, 6.07) is 0. The number of hydrogen-bond donors (Lipinski definition) is 2. The first-order valence-corrected chi connectivity index (χ1v) is 5.35. The lowest BCUT2D eigenvalue weighted by atomic mass is 9.98. The number of aliphatic carboxylic acids is 1. The molecule has 0 radical (unpaired) electrons. The summed E-state index contributed by atoms with van der Waals surface area (Å²) >= 11 is 0. The van der Waals surface area contributed by atoms with Crippen LogP contribution in [0.1, 0.15) is 12.8 Å². The van der Waals surface area contributed by atoms with E-state index in [1.54, 1.807) is 17.9 Å². The molecule has 0 saturated carbocycles. The van der Waals surface area contributed by atoms with Crippen molar-refractivity contribution in [1.29, 1.82) is 0 Å². The van der Waals surface area contributed by atoms with E-state index in [1.165, 1.54) is 0 Å². The van der Waals surface area contributed by atoms with Gasteiger partial charge in [-0.3, -0.25) is 9.48 Å². The van der Waals surface area contributed by atoms with Crippen LogP contribution in [0.4, 0.5) is 11.5 Å². The molecular formula is C10H16N4O2. The van der Waals surface area contributed by atoms with E-state index in [0.29, 0.717) is 18.1 Å². The number of carbonyl (C=O) groups is 1. The molecule has 1 saturated heterocycles. The first kappa shape index (κ1) is 10.8. The molecule has 6 nitrogen and oxygen atoms in total. The van der Waals surface area contributed by atoms with Crippen molar-refractivity contribution < 1.29 is 9.90 Å². The predicted molar refractivity (Wildman–Crippen MR) is 60.2 cm³/mol. The van der Waals surface area contributed by atoms with Crippen LogP contribution in [0.25, 0.3) is 0 Å². The zero-order valence-electron chi connectivity index (χ0n) is 9.26. The van der Waals surface area contributed by atoms with E-state index in [-0.39, 0.29) is 5.92 Å². The minimum absolute atomic E-state index is 0.310. The van der Waals surface area contributed by atoms with Gasteiger partial charge in [0.15, 0.2) is 5.82 Å². The molecule has 16 heavy (non-hydrogen) atoms. The Morgan fingerprint density at radius 2 is 2.44 bits per heavy atom. The zero-order chi connectivity index (χ0) is 11.7. The second kappa shape index (κ2) is 4.03. The number of nitrogens with two attached hydrogens (primary N) is 1. The standard InChI is InChI=1S/C10H16N4O2/c1-13-6-8(11)9(12-13)14-4-2-3-7(5-14)10(15)16/h6-7H,2-5,11H2,1H3,(H,15,16). The Kier molecular flexibility index (Phi) is 2.72. The highest BCUT2D eigenvalue weighted by molar-refractivity contribution is 5.72. The molecule has 1 aliphatic rings. The van der Waals surface area contributed by atoms with Crippen molar-refractivity contribution >= 4 is 17.5 Å². The summed E-state index contributed by atoms with van der Waals surface area (Å²) < 4.78 is 1.65. The third-order valence-corrected chi connectivity index (χ3v) is 2.91. The lowest BCUT2D eigenvalue weighted by molar-refractivity contribution is -0.141. The highest BCUT2D eigenvalue weighted by atomic mass is 16.4. The zero-order valence-corrected chi connectivity index (χ0v) is 9.26. The first-order chi connectivity index (χ1) is 7.58. The van der Waals surface area contributed by atoms with Crippen molar-refractivity contribution in [3.63, 3.8) is 0 Å². The fourth-order valence-electron chi connectivity index (χ4n) is 2.11. The SMILES string of the molecule is Cn1cc(N)c(N2CCCC(C(=O)O)C2)n1. The monoisotopic (exact) mass is 224 g/mol. The minimum Gasteiger partial charge on any atom is -0.481 e. The van der Waals surface area contributed by atoms with Crippen LogP contribution in [-0.2, 0) is 11.8 Å². The Balaban J connectivity index is 2.15. The summed E-state index contributed by atoms with van der Waals surface area (Å²) in [5, 5.41) is 13.2. The van der Waals surface area contributed by atoms with Gasteiger partial charge in [-0.15, -0.1) is 0 Å². The summed E-state index contributed by atoms with van der Waals surface area (Å²) in [6.45, 7) is 1.32. The quantitative estimate of drug-likeness (QED) is 0.755. The molecule has 0 spiro atoms. The topological polar surface area (TPSA) is 84.4 Å². The number of nitrogen functional groups attached to an aromatic ring is 1. The molecule has 3 N–H and O–H groups in total. The smallest absolute Gasteiger partial charge is 0.308 e. The maximum absolute atomic E-state index is 10.9. The average molecular weight is 224 g/mol. The molecule has 0 aliphatic carbocycles. The lowest BCUT2D eigenvalue weighted by Gasteiger charge is -2.30. The van der Waals surface area contributed by atoms with E-state index in [4.69, 9.17) is 10.8 Å². The summed E-state index contributed by atoms with van der Waals surface area (Å²) in [5.74, 6) is -0.345. The molecule has 0 aromatic carbocycles. The number of hydrogen-bond acceptors (Lipinski definition) is 4. The summed E-state index contributed by atoms with van der Waals surface area (Å²) in [7, 11) is 1.80. The van der Waals surface area contributed by atoms with Gasteiger partial charge in [0.2, 0.25) is 0 Å². The number of carboxylic acid groups (broad SMARTS) is 1. The molecule has 1 aromatic rings. The van der Waals surface area contributed by atoms with Gasteiger partial charge >= 0.3 is 5.97 Å². The van der Waals surface area contributed by atoms with Crippen LogP contribution in [-0.4, -0.2) is 33.9 Å². The normalized spacial score (nSPS) is 21.1. The Morgan fingerprint density at radius 3 is 3.00 bits per heavy atom. The fraction of sp³-hybridized carbons (Fsp3) is 0.600. The van der Waals surface area contributed by atoms with Crippen LogP contribution in [0.5, 0.6) is 0 Å². The third kappa shape index (κ3) is 1.95. The number of piperidine rings is 1. The number of carboxylic acids is 1. The minimum atomic E-state index is -0.737. The van der Waals surface area contributed by atoms with Gasteiger partial charge in [0.05, 0.1) is 11.6 Å². The molecule has 2 heterocycles. The van der Waals surface area contributed by atoms with Crippen LogP contribution in [0, 0.1) is 5.92 Å². The van der Waals surface area contributed by atoms with Gasteiger partial charge in [0.25, 0.3) is 0 Å². The maximum atomic E-state index is 10.9. The number of anilines is 2. The molecule has 88 valence electrons. The lowest BCUT2D eigenvalue weighted by Crippen LogP contribution is -2.39. The molecule has 1 aliphatic heterocycles. The summed E-state index contributed by atoms with van der Waals surface area (Å²) in [5.41, 5.74) is 6.43. The average Bonchev–Trinajstić information content (AvgIpc) is 2.58. The van der Waals surface area contributed by atoms with Crippen molar-refractivity contribution in [1.82, 2.24) is 9.78 Å². The van der Waals surface area contributed by atoms with Gasteiger partial charge in [0, 0.05) is 26.3 Å². The second-order valence-electron chi connectivity index (χ2n) is 4.21. The second-order valence-corrected chi connectivity index (χ2v) is 4.21. The van der Waals surface area contributed by atoms with Crippen molar-refractivity contribution in [3.05, 3.63) is 6.20 Å². The van der Waals surface area contributed by atoms with E-state index >= 15 is 0 Å². The molecule has 0 amide bonds.